The highest BCUT2D eigenvalue weighted by Gasteiger charge is 2.12. The number of carbonyl (C=O) groups excluding carboxylic acids is 1. The zero-order valence-electron chi connectivity index (χ0n) is 12.7. The van der Waals surface area contributed by atoms with E-state index in [0.29, 0.717) is 12.2 Å². The fraction of sp³-hybridized carbons (Fsp3) is 0.400. The number of carbonyl (C=O) groups is 1. The molecule has 22 heavy (non-hydrogen) atoms. The van der Waals surface area contributed by atoms with Crippen LogP contribution in [0.5, 0.6) is 0 Å². The monoisotopic (exact) mass is 320 g/mol. The normalized spacial score (nSPS) is 12.1. The number of rotatable bonds is 7. The van der Waals surface area contributed by atoms with Gasteiger partial charge in [-0.25, -0.2) is 0 Å². The summed E-state index contributed by atoms with van der Waals surface area (Å²) in [6, 6.07) is 9.65. The standard InChI is InChI=1S/C15H20N4O2S/c1-11(10-20)16-13(21)8-9-22-15-18-17-14(19(15)2)12-6-4-3-5-7-12/h3-7,11,20H,8-10H2,1-2H3,(H,16,21). The Morgan fingerprint density at radius 2 is 2.09 bits per heavy atom. The van der Waals surface area contributed by atoms with Crippen LogP contribution in [0.25, 0.3) is 11.4 Å². The van der Waals surface area contributed by atoms with Crippen molar-refractivity contribution < 1.29 is 9.90 Å². The zero-order valence-corrected chi connectivity index (χ0v) is 13.5. The zero-order chi connectivity index (χ0) is 15.9. The van der Waals surface area contributed by atoms with Gasteiger partial charge in [0.05, 0.1) is 6.61 Å². The summed E-state index contributed by atoms with van der Waals surface area (Å²) < 4.78 is 1.92. The molecule has 1 heterocycles. The fourth-order valence-electron chi connectivity index (χ4n) is 1.91. The summed E-state index contributed by atoms with van der Waals surface area (Å²) in [5.74, 6) is 1.35. The minimum Gasteiger partial charge on any atom is -0.394 e. The molecule has 0 radical (unpaired) electrons. The molecule has 0 aliphatic rings. The highest BCUT2D eigenvalue weighted by molar-refractivity contribution is 7.99. The first kappa shape index (κ1) is 16.5. The molecule has 0 bridgehead atoms. The molecule has 1 atom stereocenters. The van der Waals surface area contributed by atoms with Gasteiger partial charge in [0.1, 0.15) is 0 Å². The molecule has 1 aromatic carbocycles. The van der Waals surface area contributed by atoms with E-state index in [2.05, 4.69) is 15.5 Å². The van der Waals surface area contributed by atoms with Crippen LogP contribution in [0.3, 0.4) is 0 Å². The number of thioether (sulfide) groups is 1. The topological polar surface area (TPSA) is 80.0 Å². The van der Waals surface area contributed by atoms with Gasteiger partial charge in [-0.2, -0.15) is 0 Å². The average molecular weight is 320 g/mol. The molecule has 1 unspecified atom stereocenters. The second-order valence-electron chi connectivity index (χ2n) is 4.98. The molecule has 6 nitrogen and oxygen atoms in total. The number of aliphatic hydroxyl groups excluding tert-OH is 1. The van der Waals surface area contributed by atoms with Crippen molar-refractivity contribution in [3.05, 3.63) is 30.3 Å². The van der Waals surface area contributed by atoms with Crippen molar-refractivity contribution in [2.75, 3.05) is 12.4 Å². The summed E-state index contributed by atoms with van der Waals surface area (Å²) in [5.41, 5.74) is 1.01. The summed E-state index contributed by atoms with van der Waals surface area (Å²) in [6.07, 6.45) is 0.378. The van der Waals surface area contributed by atoms with Gasteiger partial charge >= 0.3 is 0 Å². The first-order valence-corrected chi connectivity index (χ1v) is 8.08. The van der Waals surface area contributed by atoms with E-state index in [1.165, 1.54) is 11.8 Å². The number of amides is 1. The fourth-order valence-corrected chi connectivity index (χ4v) is 2.76. The maximum atomic E-state index is 11.6. The van der Waals surface area contributed by atoms with E-state index in [1.54, 1.807) is 6.92 Å². The van der Waals surface area contributed by atoms with Crippen molar-refractivity contribution in [3.63, 3.8) is 0 Å². The Labute approximate surface area is 133 Å². The minimum absolute atomic E-state index is 0.0530. The maximum Gasteiger partial charge on any atom is 0.221 e. The van der Waals surface area contributed by atoms with Crippen LogP contribution in [0.2, 0.25) is 0 Å². The first-order chi connectivity index (χ1) is 10.6. The van der Waals surface area contributed by atoms with Crippen molar-refractivity contribution in [1.82, 2.24) is 20.1 Å². The lowest BCUT2D eigenvalue weighted by molar-refractivity contribution is -0.121. The SMILES string of the molecule is CC(CO)NC(=O)CCSc1nnc(-c2ccccc2)n1C. The molecular weight excluding hydrogens is 300 g/mol. The Balaban J connectivity index is 1.90. The van der Waals surface area contributed by atoms with E-state index in [1.807, 2.05) is 41.9 Å². The van der Waals surface area contributed by atoms with E-state index >= 15 is 0 Å². The molecule has 0 saturated heterocycles. The molecule has 118 valence electrons. The van der Waals surface area contributed by atoms with Crippen molar-refractivity contribution in [2.45, 2.75) is 24.5 Å². The van der Waals surface area contributed by atoms with Crippen molar-refractivity contribution >= 4 is 17.7 Å². The predicted molar refractivity (Wildman–Crippen MR) is 86.5 cm³/mol. The molecule has 0 aliphatic carbocycles. The lowest BCUT2D eigenvalue weighted by atomic mass is 10.2. The Kier molecular flexibility index (Phi) is 5.97. The average Bonchev–Trinajstić information content (AvgIpc) is 2.89. The van der Waals surface area contributed by atoms with E-state index in [0.717, 1.165) is 16.5 Å². The van der Waals surface area contributed by atoms with Crippen molar-refractivity contribution in [3.8, 4) is 11.4 Å². The maximum absolute atomic E-state index is 11.6. The number of aliphatic hydroxyl groups is 1. The molecule has 0 aliphatic heterocycles. The van der Waals surface area contributed by atoms with E-state index in [4.69, 9.17) is 5.11 Å². The highest BCUT2D eigenvalue weighted by atomic mass is 32.2. The molecule has 2 N–H and O–H groups in total. The minimum atomic E-state index is -0.211. The number of hydrogen-bond donors (Lipinski definition) is 2. The van der Waals surface area contributed by atoms with Crippen LogP contribution in [0.15, 0.2) is 35.5 Å². The third-order valence-corrected chi connectivity index (χ3v) is 4.13. The Bertz CT molecular complexity index is 615. The smallest absolute Gasteiger partial charge is 0.221 e. The largest absolute Gasteiger partial charge is 0.394 e. The van der Waals surface area contributed by atoms with Crippen molar-refractivity contribution in [1.29, 1.82) is 0 Å². The number of hydrogen-bond acceptors (Lipinski definition) is 5. The van der Waals surface area contributed by atoms with Crippen LogP contribution in [-0.4, -0.2) is 44.2 Å². The Morgan fingerprint density at radius 1 is 1.36 bits per heavy atom. The molecule has 0 spiro atoms. The summed E-state index contributed by atoms with van der Waals surface area (Å²) >= 11 is 1.49. The summed E-state index contributed by atoms with van der Waals surface area (Å²) in [4.78, 5) is 11.6. The van der Waals surface area contributed by atoms with Gasteiger partial charge in [0, 0.05) is 30.8 Å². The van der Waals surface area contributed by atoms with Gasteiger partial charge in [0.2, 0.25) is 5.91 Å². The number of benzene rings is 1. The van der Waals surface area contributed by atoms with E-state index in [9.17, 15) is 4.79 Å². The Morgan fingerprint density at radius 3 is 2.77 bits per heavy atom. The third-order valence-electron chi connectivity index (χ3n) is 3.11. The molecular formula is C15H20N4O2S. The summed E-state index contributed by atoms with van der Waals surface area (Å²) in [7, 11) is 1.92. The van der Waals surface area contributed by atoms with E-state index < -0.39 is 0 Å². The molecule has 2 rings (SSSR count). The van der Waals surface area contributed by atoms with E-state index in [-0.39, 0.29) is 18.6 Å². The molecule has 1 amide bonds. The number of nitrogens with one attached hydrogen (secondary N) is 1. The third kappa shape index (κ3) is 4.32. The molecule has 0 fully saturated rings. The van der Waals surface area contributed by atoms with Gasteiger partial charge in [-0.15, -0.1) is 10.2 Å². The second-order valence-corrected chi connectivity index (χ2v) is 6.04. The van der Waals surface area contributed by atoms with Gasteiger partial charge < -0.3 is 15.0 Å². The number of aromatic nitrogens is 3. The van der Waals surface area contributed by atoms with Gasteiger partial charge in [-0.05, 0) is 6.92 Å². The van der Waals surface area contributed by atoms with Gasteiger partial charge in [0.15, 0.2) is 11.0 Å². The molecule has 2 aromatic rings. The second kappa shape index (κ2) is 7.95. The van der Waals surface area contributed by atoms with Crippen LogP contribution in [0, 0.1) is 0 Å². The molecule has 1 aromatic heterocycles. The summed E-state index contributed by atoms with van der Waals surface area (Å²) in [5, 5.41) is 20.8. The number of nitrogens with zero attached hydrogens (tertiary/aromatic N) is 3. The molecule has 7 heteroatoms. The van der Waals surface area contributed by atoms with Crippen LogP contribution >= 0.6 is 11.8 Å². The first-order valence-electron chi connectivity index (χ1n) is 7.09. The van der Waals surface area contributed by atoms with Gasteiger partial charge in [-0.3, -0.25) is 4.79 Å². The van der Waals surface area contributed by atoms with Crippen LogP contribution < -0.4 is 5.32 Å². The van der Waals surface area contributed by atoms with Crippen molar-refractivity contribution in [2.24, 2.45) is 7.05 Å². The lowest BCUT2D eigenvalue weighted by Crippen LogP contribution is -2.35. The molecule has 0 saturated carbocycles. The predicted octanol–water partition coefficient (Wildman–Crippen LogP) is 1.46. The van der Waals surface area contributed by atoms with Crippen LogP contribution in [0.4, 0.5) is 0 Å². The van der Waals surface area contributed by atoms with Gasteiger partial charge in [-0.1, -0.05) is 42.1 Å². The van der Waals surface area contributed by atoms with Gasteiger partial charge in [0.25, 0.3) is 0 Å². The quantitative estimate of drug-likeness (QED) is 0.755. The Hall–Kier alpha value is -1.86. The van der Waals surface area contributed by atoms with Crippen LogP contribution in [0.1, 0.15) is 13.3 Å². The summed E-state index contributed by atoms with van der Waals surface area (Å²) in [6.45, 7) is 1.71. The lowest BCUT2D eigenvalue weighted by Gasteiger charge is -2.10. The highest BCUT2D eigenvalue weighted by Crippen LogP contribution is 2.22. The van der Waals surface area contributed by atoms with Crippen LogP contribution in [-0.2, 0) is 11.8 Å².